The predicted molar refractivity (Wildman–Crippen MR) is 115 cm³/mol. The third-order valence-corrected chi connectivity index (χ3v) is 6.55. The van der Waals surface area contributed by atoms with Gasteiger partial charge >= 0.3 is 0 Å². The fourth-order valence-electron chi connectivity index (χ4n) is 4.98. The minimum absolute atomic E-state index is 0.105. The molecule has 3 aliphatic heterocycles. The Morgan fingerprint density at radius 3 is 2.61 bits per heavy atom. The van der Waals surface area contributed by atoms with E-state index in [-0.39, 0.29) is 30.2 Å². The summed E-state index contributed by atoms with van der Waals surface area (Å²) in [6.45, 7) is 3.77. The predicted octanol–water partition coefficient (Wildman–Crippen LogP) is 1.59. The van der Waals surface area contributed by atoms with Crippen molar-refractivity contribution in [2.24, 2.45) is 0 Å². The lowest BCUT2D eigenvalue weighted by Crippen LogP contribution is -2.52. The van der Waals surface area contributed by atoms with Crippen LogP contribution in [0.1, 0.15) is 45.9 Å². The summed E-state index contributed by atoms with van der Waals surface area (Å²) in [7, 11) is 0. The van der Waals surface area contributed by atoms with Gasteiger partial charge in [0.05, 0.1) is 0 Å². The molecule has 0 radical (unpaired) electrons. The number of fused-ring (bicyclic) bond motifs is 1. The van der Waals surface area contributed by atoms with Crippen LogP contribution < -0.4 is 10.6 Å². The molecule has 160 valence electrons. The Kier molecular flexibility index (Phi) is 5.29. The Hall–Kier alpha value is -3.03. The first-order valence-corrected chi connectivity index (χ1v) is 10.9. The molecule has 0 spiro atoms. The Balaban J connectivity index is 1.40. The van der Waals surface area contributed by atoms with Crippen LogP contribution in [0.5, 0.6) is 0 Å². The third-order valence-electron chi connectivity index (χ3n) is 6.55. The third kappa shape index (κ3) is 3.75. The Bertz CT molecular complexity index is 1020. The van der Waals surface area contributed by atoms with Crippen LogP contribution in [0, 0.1) is 0 Å². The lowest BCUT2D eigenvalue weighted by atomic mass is 9.99. The summed E-state index contributed by atoms with van der Waals surface area (Å²) in [6.07, 6.45) is 0.649. The maximum absolute atomic E-state index is 13.4. The molecule has 2 aromatic carbocycles. The quantitative estimate of drug-likeness (QED) is 0.737. The molecule has 5 rings (SSSR count). The molecular formula is C24H26N4O3. The smallest absolute Gasteiger partial charge is 0.255 e. The average Bonchev–Trinajstić information content (AvgIpc) is 3.12. The van der Waals surface area contributed by atoms with Gasteiger partial charge in [-0.1, -0.05) is 48.5 Å². The molecule has 0 aliphatic carbocycles. The number of carbonyl (C=O) groups is 3. The van der Waals surface area contributed by atoms with Crippen LogP contribution in [-0.2, 0) is 22.7 Å². The van der Waals surface area contributed by atoms with Crippen LogP contribution in [-0.4, -0.2) is 53.2 Å². The highest BCUT2D eigenvalue weighted by Gasteiger charge is 2.40. The van der Waals surface area contributed by atoms with Gasteiger partial charge in [0.1, 0.15) is 6.04 Å². The minimum Gasteiger partial charge on any atom is -0.322 e. The summed E-state index contributed by atoms with van der Waals surface area (Å²) in [5, 5.41) is 5.85. The molecule has 0 aromatic heterocycles. The fraction of sp³-hybridized carbons (Fsp3) is 0.375. The molecule has 7 heteroatoms. The monoisotopic (exact) mass is 418 g/mol. The van der Waals surface area contributed by atoms with Crippen LogP contribution in [0.3, 0.4) is 0 Å². The van der Waals surface area contributed by atoms with Crippen LogP contribution in [0.15, 0.2) is 48.5 Å². The van der Waals surface area contributed by atoms with Crippen LogP contribution in [0.25, 0.3) is 0 Å². The highest BCUT2D eigenvalue weighted by atomic mass is 16.2. The van der Waals surface area contributed by atoms with Crippen molar-refractivity contribution in [3.8, 4) is 0 Å². The van der Waals surface area contributed by atoms with Crippen molar-refractivity contribution in [1.29, 1.82) is 0 Å². The summed E-state index contributed by atoms with van der Waals surface area (Å²) in [6, 6.07) is 16.1. The fourth-order valence-corrected chi connectivity index (χ4v) is 4.98. The first-order chi connectivity index (χ1) is 15.1. The van der Waals surface area contributed by atoms with Crippen molar-refractivity contribution in [2.45, 2.75) is 38.0 Å². The molecule has 2 saturated heterocycles. The standard InChI is InChI=1S/C24H26N4O3/c29-21-10-9-19(23(30)26-21)28-15-18-8-4-7-17(22(18)24(28)31)14-27-12-11-25-13-20(27)16-5-2-1-3-6-16/h1-8,19-20,25H,9-15H2,(H,26,29,30)/t19?,20-/m1/s1. The summed E-state index contributed by atoms with van der Waals surface area (Å²) >= 11 is 0. The number of imide groups is 1. The van der Waals surface area contributed by atoms with Crippen molar-refractivity contribution < 1.29 is 14.4 Å². The molecule has 0 saturated carbocycles. The zero-order valence-electron chi connectivity index (χ0n) is 17.3. The molecule has 3 aliphatic rings. The molecule has 7 nitrogen and oxygen atoms in total. The highest BCUT2D eigenvalue weighted by molar-refractivity contribution is 6.06. The SMILES string of the molecule is O=C1CCC(N2Cc3cccc(CN4CCNC[C@@H]4c4ccccc4)c3C2=O)C(=O)N1. The number of hydrogen-bond acceptors (Lipinski definition) is 5. The van der Waals surface area contributed by atoms with Crippen molar-refractivity contribution in [3.05, 3.63) is 70.8 Å². The van der Waals surface area contributed by atoms with E-state index in [0.717, 1.165) is 36.3 Å². The van der Waals surface area contributed by atoms with Gasteiger partial charge in [-0.25, -0.2) is 0 Å². The van der Waals surface area contributed by atoms with E-state index < -0.39 is 6.04 Å². The molecule has 2 N–H and O–H groups in total. The van der Waals surface area contributed by atoms with Crippen LogP contribution in [0.4, 0.5) is 0 Å². The summed E-state index contributed by atoms with van der Waals surface area (Å²) in [4.78, 5) is 41.3. The molecule has 3 amide bonds. The van der Waals surface area contributed by atoms with Gasteiger partial charge in [0, 0.05) is 50.7 Å². The highest BCUT2D eigenvalue weighted by Crippen LogP contribution is 2.32. The second-order valence-electron chi connectivity index (χ2n) is 8.45. The van der Waals surface area contributed by atoms with Crippen molar-refractivity contribution in [1.82, 2.24) is 20.4 Å². The van der Waals surface area contributed by atoms with E-state index >= 15 is 0 Å². The van der Waals surface area contributed by atoms with E-state index in [1.807, 2.05) is 24.3 Å². The molecular weight excluding hydrogens is 392 g/mol. The Morgan fingerprint density at radius 1 is 0.968 bits per heavy atom. The number of carbonyl (C=O) groups excluding carboxylic acids is 3. The van der Waals surface area contributed by atoms with E-state index in [2.05, 4.69) is 39.8 Å². The van der Waals surface area contributed by atoms with Gasteiger partial charge in [0.25, 0.3) is 5.91 Å². The molecule has 2 fully saturated rings. The first kappa shape index (κ1) is 19.9. The van der Waals surface area contributed by atoms with E-state index in [1.54, 1.807) is 4.90 Å². The zero-order chi connectivity index (χ0) is 21.4. The number of nitrogens with one attached hydrogen (secondary N) is 2. The van der Waals surface area contributed by atoms with Gasteiger partial charge in [0.15, 0.2) is 0 Å². The average molecular weight is 418 g/mol. The van der Waals surface area contributed by atoms with Gasteiger partial charge in [-0.15, -0.1) is 0 Å². The first-order valence-electron chi connectivity index (χ1n) is 10.9. The number of nitrogens with zero attached hydrogens (tertiary/aromatic N) is 2. The number of benzene rings is 2. The number of piperidine rings is 1. The largest absolute Gasteiger partial charge is 0.322 e. The summed E-state index contributed by atoms with van der Waals surface area (Å²) < 4.78 is 0. The van der Waals surface area contributed by atoms with Crippen LogP contribution in [0.2, 0.25) is 0 Å². The number of rotatable bonds is 4. The maximum Gasteiger partial charge on any atom is 0.255 e. The van der Waals surface area contributed by atoms with E-state index in [1.165, 1.54) is 5.56 Å². The van der Waals surface area contributed by atoms with Gasteiger partial charge in [-0.3, -0.25) is 24.6 Å². The van der Waals surface area contributed by atoms with E-state index in [4.69, 9.17) is 0 Å². The lowest BCUT2D eigenvalue weighted by Gasteiger charge is -2.37. The topological polar surface area (TPSA) is 81.8 Å². The van der Waals surface area contributed by atoms with E-state index in [9.17, 15) is 14.4 Å². The van der Waals surface area contributed by atoms with Crippen molar-refractivity contribution in [2.75, 3.05) is 19.6 Å². The lowest BCUT2D eigenvalue weighted by molar-refractivity contribution is -0.136. The maximum atomic E-state index is 13.4. The van der Waals surface area contributed by atoms with Crippen LogP contribution >= 0.6 is 0 Å². The Labute approximate surface area is 181 Å². The number of hydrogen-bond donors (Lipinski definition) is 2. The van der Waals surface area contributed by atoms with Gasteiger partial charge in [0.2, 0.25) is 11.8 Å². The molecule has 31 heavy (non-hydrogen) atoms. The van der Waals surface area contributed by atoms with Crippen molar-refractivity contribution >= 4 is 17.7 Å². The van der Waals surface area contributed by atoms with Gasteiger partial charge in [-0.2, -0.15) is 0 Å². The zero-order valence-corrected chi connectivity index (χ0v) is 17.3. The van der Waals surface area contributed by atoms with Gasteiger partial charge in [-0.05, 0) is 23.1 Å². The van der Waals surface area contributed by atoms with Gasteiger partial charge < -0.3 is 10.2 Å². The molecule has 1 unspecified atom stereocenters. The molecule has 2 aromatic rings. The number of amides is 3. The van der Waals surface area contributed by atoms with E-state index in [0.29, 0.717) is 19.5 Å². The summed E-state index contributed by atoms with van der Waals surface area (Å²) in [5.74, 6) is -0.742. The number of piperazine rings is 1. The molecule has 2 atom stereocenters. The molecule has 3 heterocycles. The Morgan fingerprint density at radius 2 is 1.81 bits per heavy atom. The molecule has 0 bridgehead atoms. The minimum atomic E-state index is -0.582. The van der Waals surface area contributed by atoms with Crippen molar-refractivity contribution in [3.63, 3.8) is 0 Å². The second kappa shape index (κ2) is 8.24. The second-order valence-corrected chi connectivity index (χ2v) is 8.45. The normalized spacial score (nSPS) is 24.3. The summed E-state index contributed by atoms with van der Waals surface area (Å²) in [5.41, 5.74) is 3.94.